The van der Waals surface area contributed by atoms with Crippen molar-refractivity contribution in [2.24, 2.45) is 0 Å². The minimum absolute atomic E-state index is 0.705. The van der Waals surface area contributed by atoms with Crippen LogP contribution in [0.25, 0.3) is 0 Å². The van der Waals surface area contributed by atoms with E-state index in [9.17, 15) is 0 Å². The van der Waals surface area contributed by atoms with Gasteiger partial charge < -0.3 is 9.88 Å². The highest BCUT2D eigenvalue weighted by Crippen LogP contribution is 2.24. The molecule has 1 aromatic rings. The highest BCUT2D eigenvalue weighted by molar-refractivity contribution is 4.99. The number of fused-ring (bicyclic) bond motifs is 1. The highest BCUT2D eigenvalue weighted by Gasteiger charge is 2.25. The van der Waals surface area contributed by atoms with Crippen molar-refractivity contribution in [3.8, 4) is 0 Å². The lowest BCUT2D eigenvalue weighted by molar-refractivity contribution is 0.164. The molecule has 5 heteroatoms. The van der Waals surface area contributed by atoms with Crippen molar-refractivity contribution in [1.82, 2.24) is 25.0 Å². The summed E-state index contributed by atoms with van der Waals surface area (Å²) in [4.78, 5) is 2.48. The van der Waals surface area contributed by atoms with Gasteiger partial charge in [0.1, 0.15) is 11.6 Å². The molecule has 1 fully saturated rings. The van der Waals surface area contributed by atoms with E-state index in [0.717, 1.165) is 31.4 Å². The Labute approximate surface area is 121 Å². The zero-order valence-corrected chi connectivity index (χ0v) is 12.8. The summed E-state index contributed by atoms with van der Waals surface area (Å²) in [5.74, 6) is 2.36. The molecular formula is C15H27N5. The molecule has 3 rings (SSSR count). The maximum absolute atomic E-state index is 4.42. The van der Waals surface area contributed by atoms with Crippen molar-refractivity contribution in [3.05, 3.63) is 11.6 Å². The first-order chi connectivity index (χ1) is 9.78. The van der Waals surface area contributed by atoms with Crippen LogP contribution in [0, 0.1) is 0 Å². The molecule has 0 aromatic carbocycles. The molecule has 1 N–H and O–H groups in total. The first-order valence-electron chi connectivity index (χ1n) is 8.06. The second-order valence-electron chi connectivity index (χ2n) is 6.35. The largest absolute Gasteiger partial charge is 0.317 e. The summed E-state index contributed by atoms with van der Waals surface area (Å²) in [5.41, 5.74) is 0. The van der Waals surface area contributed by atoms with Gasteiger partial charge >= 0.3 is 0 Å². The van der Waals surface area contributed by atoms with E-state index in [1.54, 1.807) is 0 Å². The summed E-state index contributed by atoms with van der Waals surface area (Å²) < 4.78 is 2.35. The molecule has 20 heavy (non-hydrogen) atoms. The average Bonchev–Trinajstić information content (AvgIpc) is 2.91. The van der Waals surface area contributed by atoms with Gasteiger partial charge in [-0.25, -0.2) is 0 Å². The molecule has 1 aliphatic heterocycles. The molecule has 0 saturated heterocycles. The molecule has 1 aromatic heterocycles. The Morgan fingerprint density at radius 3 is 2.75 bits per heavy atom. The van der Waals surface area contributed by atoms with Gasteiger partial charge in [0.25, 0.3) is 0 Å². The number of nitrogens with one attached hydrogen (secondary N) is 1. The normalized spacial score (nSPS) is 26.8. The van der Waals surface area contributed by atoms with E-state index in [-0.39, 0.29) is 0 Å². The van der Waals surface area contributed by atoms with Gasteiger partial charge in [0, 0.05) is 25.0 Å². The molecule has 1 saturated carbocycles. The molecule has 2 heterocycles. The number of hydrogen-bond acceptors (Lipinski definition) is 4. The van der Waals surface area contributed by atoms with Gasteiger partial charge in [-0.1, -0.05) is 0 Å². The van der Waals surface area contributed by atoms with Gasteiger partial charge in [-0.3, -0.25) is 4.90 Å². The SMILES string of the molecule is CNC1CCC(N(C)Cc2nnc3n2CCCC3)CC1. The standard InChI is InChI=1S/C15H27N5/c1-16-12-6-8-13(9-7-12)19(2)11-15-18-17-14-5-3-4-10-20(14)15/h12-13,16H,3-11H2,1-2H3. The van der Waals surface area contributed by atoms with E-state index >= 15 is 0 Å². The van der Waals surface area contributed by atoms with Crippen LogP contribution < -0.4 is 5.32 Å². The first kappa shape index (κ1) is 14.0. The van der Waals surface area contributed by atoms with Crippen LogP contribution in [0.4, 0.5) is 0 Å². The van der Waals surface area contributed by atoms with Crippen LogP contribution in [-0.4, -0.2) is 45.8 Å². The molecule has 2 aliphatic rings. The van der Waals surface area contributed by atoms with Crippen LogP contribution in [0.5, 0.6) is 0 Å². The molecule has 0 atom stereocenters. The number of rotatable bonds is 4. The lowest BCUT2D eigenvalue weighted by atomic mass is 9.90. The number of aromatic nitrogens is 3. The second kappa shape index (κ2) is 6.22. The Kier molecular flexibility index (Phi) is 4.36. The zero-order chi connectivity index (χ0) is 13.9. The second-order valence-corrected chi connectivity index (χ2v) is 6.35. The van der Waals surface area contributed by atoms with Crippen molar-refractivity contribution in [2.75, 3.05) is 14.1 Å². The first-order valence-corrected chi connectivity index (χ1v) is 8.06. The Hall–Kier alpha value is -0.940. The molecule has 112 valence electrons. The molecule has 0 amide bonds. The van der Waals surface area contributed by atoms with Gasteiger partial charge in [0.2, 0.25) is 0 Å². The summed E-state index contributed by atoms with van der Waals surface area (Å²) >= 11 is 0. The maximum atomic E-state index is 4.42. The number of aryl methyl sites for hydroxylation is 1. The third-order valence-corrected chi connectivity index (χ3v) is 5.06. The van der Waals surface area contributed by atoms with Crippen LogP contribution in [0.3, 0.4) is 0 Å². The van der Waals surface area contributed by atoms with Gasteiger partial charge in [-0.2, -0.15) is 0 Å². The van der Waals surface area contributed by atoms with Crippen LogP contribution >= 0.6 is 0 Å². The minimum atomic E-state index is 0.705. The van der Waals surface area contributed by atoms with Crippen molar-refractivity contribution in [3.63, 3.8) is 0 Å². The number of hydrogen-bond donors (Lipinski definition) is 1. The molecule has 0 bridgehead atoms. The van der Waals surface area contributed by atoms with E-state index < -0.39 is 0 Å². The fourth-order valence-electron chi connectivity index (χ4n) is 3.64. The lowest BCUT2D eigenvalue weighted by Gasteiger charge is -2.34. The zero-order valence-electron chi connectivity index (χ0n) is 12.8. The minimum Gasteiger partial charge on any atom is -0.317 e. The molecule has 5 nitrogen and oxygen atoms in total. The predicted octanol–water partition coefficient (Wildman–Crippen LogP) is 1.58. The van der Waals surface area contributed by atoms with E-state index in [1.807, 2.05) is 0 Å². The smallest absolute Gasteiger partial charge is 0.147 e. The van der Waals surface area contributed by atoms with E-state index in [0.29, 0.717) is 6.04 Å². The third kappa shape index (κ3) is 2.88. The molecular weight excluding hydrogens is 250 g/mol. The van der Waals surface area contributed by atoms with E-state index in [2.05, 4.69) is 39.1 Å². The summed E-state index contributed by atoms with van der Waals surface area (Å²) in [6.07, 6.45) is 8.82. The third-order valence-electron chi connectivity index (χ3n) is 5.06. The topological polar surface area (TPSA) is 46.0 Å². The predicted molar refractivity (Wildman–Crippen MR) is 79.5 cm³/mol. The van der Waals surface area contributed by atoms with Gasteiger partial charge in [-0.15, -0.1) is 10.2 Å². The number of nitrogens with zero attached hydrogens (tertiary/aromatic N) is 4. The van der Waals surface area contributed by atoms with Crippen LogP contribution in [0.1, 0.15) is 50.2 Å². The molecule has 1 aliphatic carbocycles. The lowest BCUT2D eigenvalue weighted by Crippen LogP contribution is -2.39. The van der Waals surface area contributed by atoms with E-state index in [4.69, 9.17) is 0 Å². The monoisotopic (exact) mass is 277 g/mol. The van der Waals surface area contributed by atoms with Crippen molar-refractivity contribution >= 4 is 0 Å². The Bertz CT molecular complexity index is 433. The summed E-state index contributed by atoms with van der Waals surface area (Å²) in [5, 5.41) is 12.2. The molecule has 0 unspecified atom stereocenters. The van der Waals surface area contributed by atoms with Gasteiger partial charge in [0.15, 0.2) is 0 Å². The quantitative estimate of drug-likeness (QED) is 0.907. The highest BCUT2D eigenvalue weighted by atomic mass is 15.3. The van der Waals surface area contributed by atoms with Gasteiger partial charge in [0.05, 0.1) is 6.54 Å². The van der Waals surface area contributed by atoms with Crippen molar-refractivity contribution in [1.29, 1.82) is 0 Å². The fraction of sp³-hybridized carbons (Fsp3) is 0.867. The van der Waals surface area contributed by atoms with Crippen LogP contribution in [0.2, 0.25) is 0 Å². The van der Waals surface area contributed by atoms with Crippen LogP contribution in [0.15, 0.2) is 0 Å². The molecule has 0 spiro atoms. The van der Waals surface area contributed by atoms with Crippen molar-refractivity contribution in [2.45, 2.75) is 70.1 Å². The summed E-state index contributed by atoms with van der Waals surface area (Å²) in [7, 11) is 4.33. The van der Waals surface area contributed by atoms with Gasteiger partial charge in [-0.05, 0) is 52.6 Å². The fourth-order valence-corrected chi connectivity index (χ4v) is 3.64. The van der Waals surface area contributed by atoms with Crippen LogP contribution in [-0.2, 0) is 19.5 Å². The molecule has 0 radical (unpaired) electrons. The summed E-state index contributed by atoms with van der Waals surface area (Å²) in [6.45, 7) is 2.06. The van der Waals surface area contributed by atoms with E-state index in [1.165, 1.54) is 44.3 Å². The Morgan fingerprint density at radius 1 is 1.20 bits per heavy atom. The Morgan fingerprint density at radius 2 is 2.00 bits per heavy atom. The Balaban J connectivity index is 1.59. The summed E-state index contributed by atoms with van der Waals surface area (Å²) in [6, 6.07) is 1.43. The van der Waals surface area contributed by atoms with Crippen molar-refractivity contribution < 1.29 is 0 Å². The average molecular weight is 277 g/mol. The maximum Gasteiger partial charge on any atom is 0.147 e.